The zero-order valence-corrected chi connectivity index (χ0v) is 16.5. The molecule has 2 atom stereocenters. The Labute approximate surface area is 161 Å². The van der Waals surface area contributed by atoms with Gasteiger partial charge in [-0.3, -0.25) is 9.59 Å². The third-order valence-electron chi connectivity index (χ3n) is 5.30. The number of amides is 1. The fourth-order valence-corrected chi connectivity index (χ4v) is 4.90. The van der Waals surface area contributed by atoms with Gasteiger partial charge in [-0.15, -0.1) is 16.4 Å². The highest BCUT2D eigenvalue weighted by Gasteiger charge is 2.26. The summed E-state index contributed by atoms with van der Waals surface area (Å²) in [6, 6.07) is 6.81. The van der Waals surface area contributed by atoms with E-state index in [1.165, 1.54) is 9.56 Å². The van der Waals surface area contributed by atoms with Gasteiger partial charge in [0, 0.05) is 10.6 Å². The summed E-state index contributed by atoms with van der Waals surface area (Å²) in [5.41, 5.74) is 2.58. The number of aromatic nitrogens is 3. The van der Waals surface area contributed by atoms with E-state index in [0.717, 1.165) is 36.1 Å². The molecule has 0 saturated heterocycles. The predicted octanol–water partition coefficient (Wildman–Crippen LogP) is 3.49. The topological polar surface area (TPSA) is 76.9 Å². The zero-order valence-electron chi connectivity index (χ0n) is 15.7. The lowest BCUT2D eigenvalue weighted by atomic mass is 9.89. The lowest BCUT2D eigenvalue weighted by molar-refractivity contribution is -0.119. The summed E-state index contributed by atoms with van der Waals surface area (Å²) in [6.45, 7) is 5.84. The standard InChI is InChI=1S/C20H22N4O2S/c1-11-8-9-14-16(10-11)27-19-17(14)20(26)24(23-22-19)13(3)18(25)21-15-7-5-4-6-12(15)2/h4-7,11,13H,8-10H2,1-3H3,(H,21,25)/t11-,13+/m1/s1. The van der Waals surface area contributed by atoms with Crippen LogP contribution in [0.1, 0.15) is 42.3 Å². The number of rotatable bonds is 3. The van der Waals surface area contributed by atoms with Crippen molar-refractivity contribution in [3.8, 4) is 0 Å². The molecule has 0 aliphatic heterocycles. The quantitative estimate of drug-likeness (QED) is 0.752. The van der Waals surface area contributed by atoms with Crippen molar-refractivity contribution < 1.29 is 4.79 Å². The normalized spacial score (nSPS) is 17.5. The van der Waals surface area contributed by atoms with Crippen molar-refractivity contribution in [1.82, 2.24) is 15.0 Å². The van der Waals surface area contributed by atoms with Gasteiger partial charge < -0.3 is 5.32 Å². The molecular formula is C20H22N4O2S. The summed E-state index contributed by atoms with van der Waals surface area (Å²) in [5, 5.41) is 11.8. The van der Waals surface area contributed by atoms with E-state index < -0.39 is 6.04 Å². The minimum atomic E-state index is -0.743. The van der Waals surface area contributed by atoms with E-state index in [9.17, 15) is 9.59 Å². The van der Waals surface area contributed by atoms with Crippen molar-refractivity contribution in [2.24, 2.45) is 5.92 Å². The molecule has 1 aliphatic rings. The third-order valence-corrected chi connectivity index (χ3v) is 6.43. The van der Waals surface area contributed by atoms with Crippen molar-refractivity contribution in [3.63, 3.8) is 0 Å². The van der Waals surface area contributed by atoms with Crippen LogP contribution in [0.5, 0.6) is 0 Å². The monoisotopic (exact) mass is 382 g/mol. The molecule has 1 aromatic carbocycles. The number of nitrogens with one attached hydrogen (secondary N) is 1. The van der Waals surface area contributed by atoms with Crippen molar-refractivity contribution in [3.05, 3.63) is 50.6 Å². The molecule has 2 aromatic heterocycles. The van der Waals surface area contributed by atoms with Gasteiger partial charge in [-0.05, 0) is 56.2 Å². The van der Waals surface area contributed by atoms with Crippen LogP contribution in [0.2, 0.25) is 0 Å². The molecule has 140 valence electrons. The number of hydrogen-bond acceptors (Lipinski definition) is 5. The van der Waals surface area contributed by atoms with E-state index >= 15 is 0 Å². The van der Waals surface area contributed by atoms with E-state index in [1.54, 1.807) is 18.3 Å². The molecule has 0 unspecified atom stereocenters. The van der Waals surface area contributed by atoms with Gasteiger partial charge in [0.05, 0.1) is 5.39 Å². The maximum absolute atomic E-state index is 13.1. The Hall–Kier alpha value is -2.54. The first-order chi connectivity index (χ1) is 13.0. The second-order valence-electron chi connectivity index (χ2n) is 7.35. The molecule has 0 saturated carbocycles. The Bertz CT molecular complexity index is 1090. The van der Waals surface area contributed by atoms with Gasteiger partial charge in [0.15, 0.2) is 4.83 Å². The first kappa shape index (κ1) is 17.9. The lowest BCUT2D eigenvalue weighted by Crippen LogP contribution is -2.34. The summed E-state index contributed by atoms with van der Waals surface area (Å²) < 4.78 is 1.21. The predicted molar refractivity (Wildman–Crippen MR) is 107 cm³/mol. The Morgan fingerprint density at radius 3 is 2.93 bits per heavy atom. The van der Waals surface area contributed by atoms with Gasteiger partial charge in [-0.25, -0.2) is 0 Å². The SMILES string of the molecule is Cc1ccccc1NC(=O)[C@H](C)n1nnc2sc3c(c2c1=O)CC[C@@H](C)C3. The molecule has 1 aliphatic carbocycles. The first-order valence-corrected chi connectivity index (χ1v) is 10.0. The number of carbonyl (C=O) groups excluding carboxylic acids is 1. The van der Waals surface area contributed by atoms with Crippen LogP contribution in [0, 0.1) is 12.8 Å². The molecular weight excluding hydrogens is 360 g/mol. The highest BCUT2D eigenvalue weighted by Crippen LogP contribution is 2.35. The third kappa shape index (κ3) is 3.16. The molecule has 6 nitrogen and oxygen atoms in total. The van der Waals surface area contributed by atoms with Gasteiger partial charge in [-0.1, -0.05) is 30.3 Å². The van der Waals surface area contributed by atoms with Gasteiger partial charge in [0.25, 0.3) is 5.56 Å². The molecule has 7 heteroatoms. The number of nitrogens with zero attached hydrogens (tertiary/aromatic N) is 3. The number of fused-ring (bicyclic) bond motifs is 3. The summed E-state index contributed by atoms with van der Waals surface area (Å²) in [4.78, 5) is 27.7. The van der Waals surface area contributed by atoms with Crippen LogP contribution in [-0.4, -0.2) is 20.9 Å². The molecule has 0 fully saturated rings. The average Bonchev–Trinajstić information content (AvgIpc) is 3.01. The summed E-state index contributed by atoms with van der Waals surface area (Å²) in [5.74, 6) is 0.345. The van der Waals surface area contributed by atoms with Crippen LogP contribution >= 0.6 is 11.3 Å². The molecule has 4 rings (SSSR count). The summed E-state index contributed by atoms with van der Waals surface area (Å²) >= 11 is 1.56. The Balaban J connectivity index is 1.69. The number of aryl methyl sites for hydroxylation is 2. The number of carbonyl (C=O) groups is 1. The maximum atomic E-state index is 13.1. The van der Waals surface area contributed by atoms with Crippen molar-refractivity contribution in [2.75, 3.05) is 5.32 Å². The van der Waals surface area contributed by atoms with Gasteiger partial charge in [0.2, 0.25) is 5.91 Å². The lowest BCUT2D eigenvalue weighted by Gasteiger charge is -2.18. The molecule has 0 bridgehead atoms. The van der Waals surface area contributed by atoms with Crippen molar-refractivity contribution in [1.29, 1.82) is 0 Å². The summed E-state index contributed by atoms with van der Waals surface area (Å²) in [7, 11) is 0. The Kier molecular flexibility index (Phi) is 4.55. The fraction of sp³-hybridized carbons (Fsp3) is 0.400. The maximum Gasteiger partial charge on any atom is 0.279 e. The van der Waals surface area contributed by atoms with Gasteiger partial charge in [0.1, 0.15) is 6.04 Å². The largest absolute Gasteiger partial charge is 0.324 e. The molecule has 1 N–H and O–H groups in total. The number of benzene rings is 1. The van der Waals surface area contributed by atoms with Crippen LogP contribution in [-0.2, 0) is 17.6 Å². The van der Waals surface area contributed by atoms with E-state index in [4.69, 9.17) is 0 Å². The highest BCUT2D eigenvalue weighted by molar-refractivity contribution is 7.18. The number of thiophene rings is 1. The Morgan fingerprint density at radius 2 is 2.15 bits per heavy atom. The second-order valence-corrected chi connectivity index (χ2v) is 8.43. The van der Waals surface area contributed by atoms with E-state index in [1.807, 2.05) is 31.2 Å². The first-order valence-electron chi connectivity index (χ1n) is 9.22. The van der Waals surface area contributed by atoms with Crippen molar-refractivity contribution in [2.45, 2.75) is 46.1 Å². The molecule has 0 spiro atoms. The highest BCUT2D eigenvalue weighted by atomic mass is 32.1. The van der Waals surface area contributed by atoms with Crippen molar-refractivity contribution >= 4 is 33.1 Å². The van der Waals surface area contributed by atoms with E-state index in [0.29, 0.717) is 16.1 Å². The van der Waals surface area contributed by atoms with Crippen LogP contribution in [0.3, 0.4) is 0 Å². The molecule has 0 radical (unpaired) electrons. The van der Waals surface area contributed by atoms with Crippen LogP contribution in [0.15, 0.2) is 29.1 Å². The number of anilines is 1. The fourth-order valence-electron chi connectivity index (χ4n) is 3.59. The van der Waals surface area contributed by atoms with E-state index in [-0.39, 0.29) is 11.5 Å². The minimum Gasteiger partial charge on any atom is -0.324 e. The number of para-hydroxylation sites is 1. The smallest absolute Gasteiger partial charge is 0.279 e. The molecule has 27 heavy (non-hydrogen) atoms. The summed E-state index contributed by atoms with van der Waals surface area (Å²) in [6.07, 6.45) is 2.95. The number of hydrogen-bond donors (Lipinski definition) is 1. The Morgan fingerprint density at radius 1 is 1.37 bits per heavy atom. The van der Waals surface area contributed by atoms with Gasteiger partial charge >= 0.3 is 0 Å². The van der Waals surface area contributed by atoms with Crippen LogP contribution in [0.25, 0.3) is 10.2 Å². The van der Waals surface area contributed by atoms with Crippen LogP contribution in [0.4, 0.5) is 5.69 Å². The van der Waals surface area contributed by atoms with E-state index in [2.05, 4.69) is 22.6 Å². The zero-order chi connectivity index (χ0) is 19.1. The minimum absolute atomic E-state index is 0.223. The molecule has 3 aromatic rings. The van der Waals surface area contributed by atoms with Gasteiger partial charge in [-0.2, -0.15) is 4.68 Å². The molecule has 2 heterocycles. The second kappa shape index (κ2) is 6.88. The average molecular weight is 382 g/mol. The molecule has 1 amide bonds. The van der Waals surface area contributed by atoms with Crippen LogP contribution < -0.4 is 10.9 Å².